The largest absolute Gasteiger partial charge is 0.522 e. The van der Waals surface area contributed by atoms with Crippen molar-refractivity contribution in [2.75, 3.05) is 0 Å². The van der Waals surface area contributed by atoms with Crippen molar-refractivity contribution in [1.82, 2.24) is 19.7 Å². The number of rotatable bonds is 2. The molecule has 0 spiro atoms. The first kappa shape index (κ1) is 23.8. The molecular formula is C22H26ClF3N4O3. The molecule has 1 unspecified atom stereocenters. The summed E-state index contributed by atoms with van der Waals surface area (Å²) >= 11 is 6.74. The fourth-order valence-corrected chi connectivity index (χ4v) is 4.64. The van der Waals surface area contributed by atoms with E-state index in [2.05, 4.69) is 14.9 Å². The van der Waals surface area contributed by atoms with Crippen LogP contribution in [0.25, 0.3) is 5.69 Å². The molecule has 1 fully saturated rings. The first-order valence-corrected chi connectivity index (χ1v) is 11.3. The second kappa shape index (κ2) is 8.79. The summed E-state index contributed by atoms with van der Waals surface area (Å²) < 4.78 is 49.4. The van der Waals surface area contributed by atoms with E-state index in [1.54, 1.807) is 20.8 Å². The number of halogens is 4. The van der Waals surface area contributed by atoms with Crippen LogP contribution in [-0.2, 0) is 16.0 Å². The highest BCUT2D eigenvalue weighted by atomic mass is 35.5. The van der Waals surface area contributed by atoms with Crippen molar-refractivity contribution in [1.29, 1.82) is 0 Å². The Morgan fingerprint density at radius 2 is 1.70 bits per heavy atom. The van der Waals surface area contributed by atoms with E-state index in [0.717, 1.165) is 11.3 Å². The van der Waals surface area contributed by atoms with Crippen molar-refractivity contribution in [3.63, 3.8) is 0 Å². The zero-order valence-electron chi connectivity index (χ0n) is 18.6. The van der Waals surface area contributed by atoms with Gasteiger partial charge in [0.1, 0.15) is 11.4 Å². The number of benzene rings is 1. The first-order valence-electron chi connectivity index (χ1n) is 10.8. The van der Waals surface area contributed by atoms with E-state index in [0.29, 0.717) is 24.5 Å². The van der Waals surface area contributed by atoms with E-state index in [9.17, 15) is 18.0 Å². The zero-order valence-corrected chi connectivity index (χ0v) is 19.4. The molecular weight excluding hydrogens is 461 g/mol. The van der Waals surface area contributed by atoms with Gasteiger partial charge in [0.2, 0.25) is 0 Å². The predicted molar refractivity (Wildman–Crippen MR) is 114 cm³/mol. The maximum Gasteiger partial charge on any atom is 0.522 e. The number of fused-ring (bicyclic) bond motifs is 3. The summed E-state index contributed by atoms with van der Waals surface area (Å²) in [4.78, 5) is 14.3. The second-order valence-corrected chi connectivity index (χ2v) is 9.78. The molecule has 1 aromatic heterocycles. The number of hydrogen-bond acceptors (Lipinski definition) is 5. The molecule has 0 N–H and O–H groups in total. The van der Waals surface area contributed by atoms with E-state index in [-0.39, 0.29) is 25.3 Å². The summed E-state index contributed by atoms with van der Waals surface area (Å²) in [7, 11) is 0. The third kappa shape index (κ3) is 5.27. The van der Waals surface area contributed by atoms with Gasteiger partial charge in [0.15, 0.2) is 11.3 Å². The van der Waals surface area contributed by atoms with Crippen LogP contribution in [0.4, 0.5) is 18.0 Å². The molecule has 1 aromatic carbocycles. The van der Waals surface area contributed by atoms with Crippen molar-refractivity contribution in [3.8, 4) is 5.69 Å². The Morgan fingerprint density at radius 3 is 2.33 bits per heavy atom. The number of para-hydroxylation sites is 1. The maximum atomic E-state index is 12.9. The molecule has 33 heavy (non-hydrogen) atoms. The van der Waals surface area contributed by atoms with Gasteiger partial charge in [0.25, 0.3) is 0 Å². The van der Waals surface area contributed by atoms with Crippen LogP contribution in [0.1, 0.15) is 75.1 Å². The summed E-state index contributed by atoms with van der Waals surface area (Å²) in [6.45, 7) is 5.55. The monoisotopic (exact) mass is 486 g/mol. The lowest BCUT2D eigenvalue weighted by Crippen LogP contribution is -2.37. The van der Waals surface area contributed by atoms with Gasteiger partial charge in [-0.3, -0.25) is 14.2 Å². The van der Waals surface area contributed by atoms with E-state index in [1.807, 2.05) is 28.8 Å². The predicted octanol–water partition coefficient (Wildman–Crippen LogP) is 5.82. The first-order chi connectivity index (χ1) is 15.4. The Morgan fingerprint density at radius 1 is 1.06 bits per heavy atom. The zero-order chi connectivity index (χ0) is 24.0. The van der Waals surface area contributed by atoms with Gasteiger partial charge in [-0.1, -0.05) is 29.8 Å². The summed E-state index contributed by atoms with van der Waals surface area (Å²) in [6.07, 6.45) is -4.58. The van der Waals surface area contributed by atoms with Crippen molar-refractivity contribution >= 4 is 17.7 Å². The highest BCUT2D eigenvalue weighted by Gasteiger charge is 2.39. The number of amides is 1. The third-order valence-electron chi connectivity index (χ3n) is 5.74. The van der Waals surface area contributed by atoms with Crippen LogP contribution in [0.2, 0.25) is 0 Å². The number of hydrogen-bond donors (Lipinski definition) is 0. The van der Waals surface area contributed by atoms with Crippen LogP contribution < -0.4 is 0 Å². The van der Waals surface area contributed by atoms with E-state index in [1.165, 1.54) is 4.90 Å². The summed E-state index contributed by atoms with van der Waals surface area (Å²) in [6, 6.07) is 7.52. The standard InChI is InChI=1S/C22H26ClF3N4O3/c1-21(2,3)33-20(31)29-12-14-6-4-5-7-16(14)30-18(27-28-19(30)17(29)23)13-8-10-15(11-9-13)32-22(24,25)26/h4-7,13,15,17H,8-12H2,1-3H3. The third-order valence-corrected chi connectivity index (χ3v) is 6.17. The molecule has 2 aromatic rings. The molecule has 1 atom stereocenters. The van der Waals surface area contributed by atoms with Crippen LogP contribution in [-0.4, -0.2) is 43.8 Å². The molecule has 1 aliphatic carbocycles. The average Bonchev–Trinajstić information content (AvgIpc) is 3.10. The van der Waals surface area contributed by atoms with Crippen LogP contribution in [0.5, 0.6) is 0 Å². The Kier molecular flexibility index (Phi) is 6.34. The quantitative estimate of drug-likeness (QED) is 0.395. The maximum absolute atomic E-state index is 12.9. The van der Waals surface area contributed by atoms with Gasteiger partial charge >= 0.3 is 12.5 Å². The lowest BCUT2D eigenvalue weighted by Gasteiger charge is -2.29. The Balaban J connectivity index is 1.65. The summed E-state index contributed by atoms with van der Waals surface area (Å²) in [5, 5.41) is 8.67. The normalized spacial score (nSPS) is 23.5. The number of carbonyl (C=O) groups is 1. The fraction of sp³-hybridized carbons (Fsp3) is 0.591. The minimum Gasteiger partial charge on any atom is -0.444 e. The number of ether oxygens (including phenoxy) is 2. The molecule has 180 valence electrons. The van der Waals surface area contributed by atoms with Gasteiger partial charge in [-0.25, -0.2) is 4.79 Å². The van der Waals surface area contributed by atoms with Crippen LogP contribution in [0, 0.1) is 0 Å². The number of nitrogens with zero attached hydrogens (tertiary/aromatic N) is 4. The molecule has 1 saturated carbocycles. The molecule has 7 nitrogen and oxygen atoms in total. The molecule has 4 rings (SSSR count). The van der Waals surface area contributed by atoms with Crippen molar-refractivity contribution in [3.05, 3.63) is 41.5 Å². The molecule has 0 radical (unpaired) electrons. The number of aromatic nitrogens is 3. The minimum atomic E-state index is -4.64. The lowest BCUT2D eigenvalue weighted by molar-refractivity contribution is -0.345. The van der Waals surface area contributed by atoms with E-state index >= 15 is 0 Å². The number of alkyl halides is 4. The van der Waals surface area contributed by atoms with Crippen molar-refractivity contribution < 1.29 is 27.4 Å². The van der Waals surface area contributed by atoms with E-state index in [4.69, 9.17) is 16.3 Å². The van der Waals surface area contributed by atoms with Gasteiger partial charge in [-0.05, 0) is 58.1 Å². The SMILES string of the molecule is CC(C)(C)OC(=O)N1Cc2ccccc2-n2c(C3CCC(OC(F)(F)F)CC3)nnc2C1Cl. The average molecular weight is 487 g/mol. The molecule has 0 bridgehead atoms. The Bertz CT molecular complexity index is 1010. The molecule has 1 amide bonds. The highest BCUT2D eigenvalue weighted by Crippen LogP contribution is 2.40. The van der Waals surface area contributed by atoms with Crippen LogP contribution >= 0.6 is 11.6 Å². The van der Waals surface area contributed by atoms with Gasteiger partial charge in [-0.15, -0.1) is 23.4 Å². The smallest absolute Gasteiger partial charge is 0.444 e. The van der Waals surface area contributed by atoms with Crippen LogP contribution in [0.15, 0.2) is 24.3 Å². The van der Waals surface area contributed by atoms with Crippen molar-refractivity contribution in [2.24, 2.45) is 0 Å². The molecule has 1 aliphatic heterocycles. The van der Waals surface area contributed by atoms with Gasteiger partial charge in [-0.2, -0.15) is 0 Å². The second-order valence-electron chi connectivity index (χ2n) is 9.36. The van der Waals surface area contributed by atoms with E-state index < -0.39 is 29.7 Å². The fourth-order valence-electron chi connectivity index (χ4n) is 4.35. The Labute approximate surface area is 194 Å². The molecule has 0 saturated heterocycles. The summed E-state index contributed by atoms with van der Waals surface area (Å²) in [5.41, 5.74) is -0.00526. The van der Waals surface area contributed by atoms with Gasteiger partial charge in [0, 0.05) is 5.92 Å². The Hall–Kier alpha value is -2.33. The molecule has 2 aliphatic rings. The van der Waals surface area contributed by atoms with Gasteiger partial charge in [0.05, 0.1) is 18.3 Å². The van der Waals surface area contributed by atoms with Crippen LogP contribution in [0.3, 0.4) is 0 Å². The topological polar surface area (TPSA) is 69.5 Å². The minimum absolute atomic E-state index is 0.107. The highest BCUT2D eigenvalue weighted by molar-refractivity contribution is 6.21. The summed E-state index contributed by atoms with van der Waals surface area (Å²) in [5.74, 6) is 0.889. The molecule has 2 heterocycles. The van der Waals surface area contributed by atoms with Crippen molar-refractivity contribution in [2.45, 2.75) is 82.5 Å². The van der Waals surface area contributed by atoms with Gasteiger partial charge < -0.3 is 4.74 Å². The lowest BCUT2D eigenvalue weighted by atomic mass is 9.86. The number of carbonyl (C=O) groups excluding carboxylic acids is 1. The molecule has 11 heteroatoms.